The molecule has 1 amide bonds. The summed E-state index contributed by atoms with van der Waals surface area (Å²) in [5, 5.41) is 11.7. The van der Waals surface area contributed by atoms with Crippen LogP contribution in [0.3, 0.4) is 0 Å². The molecule has 2 aromatic heterocycles. The summed E-state index contributed by atoms with van der Waals surface area (Å²) >= 11 is 1.63. The molecular weight excluding hydrogens is 460 g/mol. The molecule has 3 aromatic carbocycles. The zero-order valence-electron chi connectivity index (χ0n) is 17.0. The topological polar surface area (TPSA) is 113 Å². The first-order valence-corrected chi connectivity index (χ1v) is 12.3. The highest BCUT2D eigenvalue weighted by atomic mass is 32.2. The Kier molecular flexibility index (Phi) is 4.39. The van der Waals surface area contributed by atoms with E-state index in [4.69, 9.17) is 4.74 Å². The van der Waals surface area contributed by atoms with Gasteiger partial charge in [0.25, 0.3) is 15.9 Å². The number of aromatic nitrogens is 2. The predicted molar refractivity (Wildman–Crippen MR) is 128 cm³/mol. The molecule has 164 valence electrons. The standard InChI is InChI=1S/C23H16N4O4S2/c28-22-12-31-19-6-5-16(10-18(19)25-22)33(29,30)27-15-7-14-11-24-26-23(14)17(9-15)21-8-13-3-1-2-4-20(13)32-21/h1-11,27H,12H2,(H,24,26)(H,25,28). The lowest BCUT2D eigenvalue weighted by Crippen LogP contribution is -2.25. The summed E-state index contributed by atoms with van der Waals surface area (Å²) in [6.45, 7) is -0.0947. The molecule has 1 aliphatic rings. The van der Waals surface area contributed by atoms with Crippen molar-refractivity contribution in [3.05, 3.63) is 66.9 Å². The third-order valence-electron chi connectivity index (χ3n) is 5.39. The molecular formula is C23H16N4O4S2. The molecule has 0 spiro atoms. The monoisotopic (exact) mass is 476 g/mol. The fraction of sp³-hybridized carbons (Fsp3) is 0.0435. The van der Waals surface area contributed by atoms with Gasteiger partial charge in [-0.2, -0.15) is 5.10 Å². The highest BCUT2D eigenvalue weighted by Crippen LogP contribution is 2.39. The van der Waals surface area contributed by atoms with E-state index in [0.717, 1.165) is 31.4 Å². The Hall–Kier alpha value is -3.89. The van der Waals surface area contributed by atoms with Gasteiger partial charge in [-0.1, -0.05) is 18.2 Å². The van der Waals surface area contributed by atoms with Crippen LogP contribution in [-0.2, 0) is 14.8 Å². The second kappa shape index (κ2) is 7.32. The van der Waals surface area contributed by atoms with Crippen molar-refractivity contribution >= 4 is 59.6 Å². The van der Waals surface area contributed by atoms with E-state index in [9.17, 15) is 13.2 Å². The third kappa shape index (κ3) is 3.49. The van der Waals surface area contributed by atoms with E-state index in [1.54, 1.807) is 29.7 Å². The van der Waals surface area contributed by atoms with Crippen LogP contribution in [0.2, 0.25) is 0 Å². The van der Waals surface area contributed by atoms with Crippen molar-refractivity contribution in [1.82, 2.24) is 10.2 Å². The average molecular weight is 477 g/mol. The van der Waals surface area contributed by atoms with Gasteiger partial charge in [0.15, 0.2) is 6.61 Å². The molecule has 0 bridgehead atoms. The minimum atomic E-state index is -3.92. The number of aromatic amines is 1. The normalized spacial score (nSPS) is 13.5. The van der Waals surface area contributed by atoms with E-state index in [2.05, 4.69) is 32.4 Å². The Balaban J connectivity index is 1.41. The summed E-state index contributed by atoms with van der Waals surface area (Å²) in [5.74, 6) is 0.101. The van der Waals surface area contributed by atoms with Gasteiger partial charge in [-0.3, -0.25) is 14.6 Å². The maximum absolute atomic E-state index is 13.1. The van der Waals surface area contributed by atoms with E-state index in [-0.39, 0.29) is 17.4 Å². The van der Waals surface area contributed by atoms with Gasteiger partial charge in [-0.15, -0.1) is 11.3 Å². The molecule has 8 nitrogen and oxygen atoms in total. The van der Waals surface area contributed by atoms with E-state index >= 15 is 0 Å². The van der Waals surface area contributed by atoms with Crippen molar-refractivity contribution in [2.75, 3.05) is 16.6 Å². The summed E-state index contributed by atoms with van der Waals surface area (Å²) in [6.07, 6.45) is 1.66. The second-order valence-corrected chi connectivity index (χ2v) is 10.4. The zero-order valence-corrected chi connectivity index (χ0v) is 18.6. The Morgan fingerprint density at radius 3 is 2.79 bits per heavy atom. The summed E-state index contributed by atoms with van der Waals surface area (Å²) in [7, 11) is -3.92. The van der Waals surface area contributed by atoms with E-state index < -0.39 is 10.0 Å². The number of ether oxygens (including phenoxy) is 1. The summed E-state index contributed by atoms with van der Waals surface area (Å²) in [6, 6.07) is 18.1. The lowest BCUT2D eigenvalue weighted by molar-refractivity contribution is -0.118. The van der Waals surface area contributed by atoms with E-state index in [0.29, 0.717) is 17.1 Å². The molecule has 0 saturated carbocycles. The van der Waals surface area contributed by atoms with Crippen molar-refractivity contribution in [3.63, 3.8) is 0 Å². The fourth-order valence-corrected chi connectivity index (χ4v) is 6.02. The van der Waals surface area contributed by atoms with Crippen LogP contribution in [0.5, 0.6) is 5.75 Å². The van der Waals surface area contributed by atoms with Crippen LogP contribution < -0.4 is 14.8 Å². The van der Waals surface area contributed by atoms with Gasteiger partial charge in [0, 0.05) is 20.5 Å². The van der Waals surface area contributed by atoms with Gasteiger partial charge >= 0.3 is 0 Å². The molecule has 0 aliphatic carbocycles. The average Bonchev–Trinajstić information content (AvgIpc) is 3.44. The van der Waals surface area contributed by atoms with E-state index in [1.165, 1.54) is 18.2 Å². The third-order valence-corrected chi connectivity index (χ3v) is 7.91. The van der Waals surface area contributed by atoms with Crippen LogP contribution in [-0.4, -0.2) is 31.1 Å². The number of anilines is 2. The quantitative estimate of drug-likeness (QED) is 0.352. The summed E-state index contributed by atoms with van der Waals surface area (Å²) in [5.41, 5.74) is 2.42. The maximum Gasteiger partial charge on any atom is 0.262 e. The summed E-state index contributed by atoms with van der Waals surface area (Å²) < 4.78 is 35.4. The Morgan fingerprint density at radius 1 is 1.03 bits per heavy atom. The van der Waals surface area contributed by atoms with Gasteiger partial charge in [0.1, 0.15) is 5.75 Å². The lowest BCUT2D eigenvalue weighted by atomic mass is 10.1. The van der Waals surface area contributed by atoms with Crippen molar-refractivity contribution < 1.29 is 17.9 Å². The highest BCUT2D eigenvalue weighted by molar-refractivity contribution is 7.92. The zero-order chi connectivity index (χ0) is 22.6. The molecule has 0 unspecified atom stereocenters. The molecule has 3 N–H and O–H groups in total. The maximum atomic E-state index is 13.1. The van der Waals surface area contributed by atoms with Gasteiger partial charge in [0.05, 0.1) is 28.0 Å². The Labute approximate surface area is 192 Å². The number of carbonyl (C=O) groups excluding carboxylic acids is 1. The number of sulfonamides is 1. The first kappa shape index (κ1) is 19.8. The van der Waals surface area contributed by atoms with Gasteiger partial charge < -0.3 is 10.1 Å². The minimum absolute atomic E-state index is 0.0164. The predicted octanol–water partition coefficient (Wildman–Crippen LogP) is 4.58. The van der Waals surface area contributed by atoms with Crippen LogP contribution in [0.25, 0.3) is 31.4 Å². The van der Waals surface area contributed by atoms with Crippen LogP contribution >= 0.6 is 11.3 Å². The number of rotatable bonds is 4. The fourth-order valence-electron chi connectivity index (χ4n) is 3.87. The van der Waals surface area contributed by atoms with Crippen molar-refractivity contribution in [3.8, 4) is 16.2 Å². The highest BCUT2D eigenvalue weighted by Gasteiger charge is 2.22. The molecule has 6 rings (SSSR count). The lowest BCUT2D eigenvalue weighted by Gasteiger charge is -2.18. The molecule has 10 heteroatoms. The van der Waals surface area contributed by atoms with Gasteiger partial charge in [0.2, 0.25) is 0 Å². The molecule has 0 radical (unpaired) electrons. The second-order valence-electron chi connectivity index (χ2n) is 7.61. The number of thiophene rings is 1. The SMILES string of the molecule is O=C1COc2ccc(S(=O)(=O)Nc3cc(-c4cc5ccccc5s4)c4[nH]ncc4c3)cc2N1. The molecule has 3 heterocycles. The van der Waals surface area contributed by atoms with E-state index in [1.807, 2.05) is 18.2 Å². The number of amides is 1. The summed E-state index contributed by atoms with van der Waals surface area (Å²) in [4.78, 5) is 12.6. The van der Waals surface area contributed by atoms with Crippen LogP contribution in [0.1, 0.15) is 0 Å². The number of nitrogens with one attached hydrogen (secondary N) is 3. The molecule has 0 saturated heterocycles. The smallest absolute Gasteiger partial charge is 0.262 e. The first-order chi connectivity index (χ1) is 16.0. The van der Waals surface area contributed by atoms with Gasteiger partial charge in [-0.25, -0.2) is 8.42 Å². The molecule has 5 aromatic rings. The van der Waals surface area contributed by atoms with Crippen molar-refractivity contribution in [1.29, 1.82) is 0 Å². The molecule has 1 aliphatic heterocycles. The number of hydrogen-bond donors (Lipinski definition) is 3. The Morgan fingerprint density at radius 2 is 1.91 bits per heavy atom. The molecule has 0 fully saturated rings. The van der Waals surface area contributed by atoms with Gasteiger partial charge in [-0.05, 0) is 47.9 Å². The van der Waals surface area contributed by atoms with Crippen molar-refractivity contribution in [2.45, 2.75) is 4.90 Å². The van der Waals surface area contributed by atoms with Crippen LogP contribution in [0, 0.1) is 0 Å². The van der Waals surface area contributed by atoms with Crippen molar-refractivity contribution in [2.24, 2.45) is 0 Å². The van der Waals surface area contributed by atoms with Crippen LogP contribution in [0.15, 0.2) is 71.8 Å². The number of hydrogen-bond acceptors (Lipinski definition) is 6. The number of carbonyl (C=O) groups is 1. The first-order valence-electron chi connectivity index (χ1n) is 10.0. The number of H-pyrrole nitrogens is 1. The number of nitrogens with zero attached hydrogens (tertiary/aromatic N) is 1. The number of benzene rings is 3. The number of fused-ring (bicyclic) bond motifs is 3. The molecule has 0 atom stereocenters. The van der Waals surface area contributed by atoms with Crippen LogP contribution in [0.4, 0.5) is 11.4 Å². The largest absolute Gasteiger partial charge is 0.482 e. The molecule has 33 heavy (non-hydrogen) atoms. The Bertz CT molecular complexity index is 1640. The minimum Gasteiger partial charge on any atom is -0.482 e.